The van der Waals surface area contributed by atoms with Crippen LogP contribution in [0.2, 0.25) is 0 Å². The van der Waals surface area contributed by atoms with Crippen LogP contribution in [0.15, 0.2) is 48.5 Å². The first-order valence-corrected chi connectivity index (χ1v) is 8.44. The molecule has 3 heteroatoms. The highest BCUT2D eigenvalue weighted by Crippen LogP contribution is 2.10. The summed E-state index contributed by atoms with van der Waals surface area (Å²) in [4.78, 5) is 2.45. The lowest BCUT2D eigenvalue weighted by Crippen LogP contribution is -2.35. The van der Waals surface area contributed by atoms with Gasteiger partial charge in [-0.2, -0.15) is 0 Å². The molecule has 0 radical (unpaired) electrons. The van der Waals surface area contributed by atoms with Gasteiger partial charge in [-0.25, -0.2) is 0 Å². The van der Waals surface area contributed by atoms with Gasteiger partial charge in [-0.1, -0.05) is 54.1 Å². The van der Waals surface area contributed by atoms with Crippen molar-refractivity contribution in [2.24, 2.45) is 0 Å². The predicted molar refractivity (Wildman–Crippen MR) is 94.3 cm³/mol. The minimum atomic E-state index is 0.862. The molecule has 1 aliphatic rings. The van der Waals surface area contributed by atoms with Crippen molar-refractivity contribution in [1.82, 2.24) is 10.2 Å². The molecule has 0 aromatic heterocycles. The average molecular weight is 310 g/mol. The zero-order valence-electron chi connectivity index (χ0n) is 13.9. The van der Waals surface area contributed by atoms with E-state index in [0.717, 1.165) is 45.9 Å². The molecule has 0 amide bonds. The molecule has 1 N–H and O–H groups in total. The maximum Gasteiger partial charge on any atom is 0.0594 e. The molecule has 3 rings (SSSR count). The van der Waals surface area contributed by atoms with E-state index in [-0.39, 0.29) is 0 Å². The van der Waals surface area contributed by atoms with E-state index in [4.69, 9.17) is 4.74 Å². The zero-order valence-corrected chi connectivity index (χ0v) is 13.9. The third-order valence-electron chi connectivity index (χ3n) is 4.27. The summed E-state index contributed by atoms with van der Waals surface area (Å²) in [6.45, 7) is 8.79. The van der Waals surface area contributed by atoms with Gasteiger partial charge in [0.15, 0.2) is 0 Å². The van der Waals surface area contributed by atoms with Gasteiger partial charge in [0.25, 0.3) is 0 Å². The number of hydrogen-bond acceptors (Lipinski definition) is 3. The average Bonchev–Trinajstić information content (AvgIpc) is 2.58. The molecule has 122 valence electrons. The topological polar surface area (TPSA) is 24.5 Å². The molecule has 0 unspecified atom stereocenters. The highest BCUT2D eigenvalue weighted by molar-refractivity contribution is 5.24. The van der Waals surface area contributed by atoms with Crippen LogP contribution in [0.4, 0.5) is 0 Å². The maximum atomic E-state index is 5.39. The highest BCUT2D eigenvalue weighted by atomic mass is 16.5. The maximum absolute atomic E-state index is 5.39. The molecule has 1 heterocycles. The Balaban J connectivity index is 1.45. The Hall–Kier alpha value is -1.68. The Morgan fingerprint density at radius 3 is 2.35 bits per heavy atom. The molecule has 1 aliphatic heterocycles. The fourth-order valence-corrected chi connectivity index (χ4v) is 2.95. The standard InChI is InChI=1S/C20H26N2O/c1-17-3-2-4-20(13-17)15-21-14-18-5-7-19(8-6-18)16-22-9-11-23-12-10-22/h2-8,13,21H,9-12,14-16H2,1H3. The normalized spacial score (nSPS) is 15.7. The summed E-state index contributed by atoms with van der Waals surface area (Å²) in [5.74, 6) is 0. The molecule has 0 saturated carbocycles. The summed E-state index contributed by atoms with van der Waals surface area (Å²) < 4.78 is 5.39. The van der Waals surface area contributed by atoms with Crippen molar-refractivity contribution in [3.63, 3.8) is 0 Å². The van der Waals surface area contributed by atoms with Crippen molar-refractivity contribution >= 4 is 0 Å². The number of rotatable bonds is 6. The van der Waals surface area contributed by atoms with E-state index >= 15 is 0 Å². The Morgan fingerprint density at radius 2 is 1.61 bits per heavy atom. The minimum Gasteiger partial charge on any atom is -0.379 e. The quantitative estimate of drug-likeness (QED) is 0.887. The van der Waals surface area contributed by atoms with Crippen molar-refractivity contribution in [2.75, 3.05) is 26.3 Å². The molecular weight excluding hydrogens is 284 g/mol. The lowest BCUT2D eigenvalue weighted by atomic mass is 10.1. The summed E-state index contributed by atoms with van der Waals surface area (Å²) in [5, 5.41) is 3.52. The van der Waals surface area contributed by atoms with Gasteiger partial charge in [0.1, 0.15) is 0 Å². The van der Waals surface area contributed by atoms with Crippen molar-refractivity contribution in [2.45, 2.75) is 26.6 Å². The highest BCUT2D eigenvalue weighted by Gasteiger charge is 2.10. The van der Waals surface area contributed by atoms with Crippen LogP contribution in [0, 0.1) is 6.92 Å². The third-order valence-corrected chi connectivity index (χ3v) is 4.27. The fourth-order valence-electron chi connectivity index (χ4n) is 2.95. The van der Waals surface area contributed by atoms with E-state index in [1.807, 2.05) is 0 Å². The second kappa shape index (κ2) is 8.25. The molecule has 0 atom stereocenters. The van der Waals surface area contributed by atoms with E-state index in [9.17, 15) is 0 Å². The van der Waals surface area contributed by atoms with Gasteiger partial charge in [-0.15, -0.1) is 0 Å². The Bertz CT molecular complexity index is 603. The van der Waals surface area contributed by atoms with Crippen molar-refractivity contribution in [3.8, 4) is 0 Å². The fraction of sp³-hybridized carbons (Fsp3) is 0.400. The van der Waals surface area contributed by atoms with E-state index in [2.05, 4.69) is 65.7 Å². The van der Waals surface area contributed by atoms with Gasteiger partial charge in [0, 0.05) is 32.7 Å². The van der Waals surface area contributed by atoms with Gasteiger partial charge in [0.05, 0.1) is 13.2 Å². The lowest BCUT2D eigenvalue weighted by molar-refractivity contribution is 0.0342. The Kier molecular flexibility index (Phi) is 5.81. The number of aryl methyl sites for hydroxylation is 1. The minimum absolute atomic E-state index is 0.862. The first kappa shape index (κ1) is 16.2. The number of ether oxygens (including phenoxy) is 1. The van der Waals surface area contributed by atoms with E-state index < -0.39 is 0 Å². The van der Waals surface area contributed by atoms with Crippen LogP contribution in [0.3, 0.4) is 0 Å². The van der Waals surface area contributed by atoms with Crippen molar-refractivity contribution in [3.05, 3.63) is 70.8 Å². The van der Waals surface area contributed by atoms with Gasteiger partial charge >= 0.3 is 0 Å². The number of nitrogens with one attached hydrogen (secondary N) is 1. The number of hydrogen-bond donors (Lipinski definition) is 1. The van der Waals surface area contributed by atoms with Crippen LogP contribution >= 0.6 is 0 Å². The molecule has 0 spiro atoms. The summed E-state index contributed by atoms with van der Waals surface area (Å²) in [6, 6.07) is 17.6. The zero-order chi connectivity index (χ0) is 15.9. The Labute approximate surface area is 139 Å². The Morgan fingerprint density at radius 1 is 0.913 bits per heavy atom. The monoisotopic (exact) mass is 310 g/mol. The molecule has 23 heavy (non-hydrogen) atoms. The number of benzene rings is 2. The first-order chi connectivity index (χ1) is 11.3. The summed E-state index contributed by atoms with van der Waals surface area (Å²) >= 11 is 0. The van der Waals surface area contributed by atoms with Gasteiger partial charge < -0.3 is 10.1 Å². The molecule has 1 fully saturated rings. The van der Waals surface area contributed by atoms with Gasteiger partial charge in [0.2, 0.25) is 0 Å². The van der Waals surface area contributed by atoms with Crippen LogP contribution in [0.1, 0.15) is 22.3 Å². The molecular formula is C20H26N2O. The molecule has 0 bridgehead atoms. The van der Waals surface area contributed by atoms with Crippen molar-refractivity contribution < 1.29 is 4.74 Å². The molecule has 1 saturated heterocycles. The summed E-state index contributed by atoms with van der Waals surface area (Å²) in [6.07, 6.45) is 0. The van der Waals surface area contributed by atoms with E-state index in [0.29, 0.717) is 0 Å². The summed E-state index contributed by atoms with van der Waals surface area (Å²) in [5.41, 5.74) is 5.38. The van der Waals surface area contributed by atoms with Gasteiger partial charge in [-0.3, -0.25) is 4.90 Å². The van der Waals surface area contributed by atoms with E-state index in [1.165, 1.54) is 22.3 Å². The van der Waals surface area contributed by atoms with Crippen molar-refractivity contribution in [1.29, 1.82) is 0 Å². The predicted octanol–water partition coefficient (Wildman–Crippen LogP) is 3.12. The van der Waals surface area contributed by atoms with E-state index in [1.54, 1.807) is 0 Å². The SMILES string of the molecule is Cc1cccc(CNCc2ccc(CN3CCOCC3)cc2)c1. The smallest absolute Gasteiger partial charge is 0.0594 e. The van der Waals surface area contributed by atoms with Crippen LogP contribution in [0.5, 0.6) is 0 Å². The number of morpholine rings is 1. The first-order valence-electron chi connectivity index (χ1n) is 8.44. The third kappa shape index (κ3) is 5.17. The molecule has 2 aromatic carbocycles. The molecule has 0 aliphatic carbocycles. The van der Waals surface area contributed by atoms with Crippen LogP contribution in [-0.2, 0) is 24.4 Å². The van der Waals surface area contributed by atoms with Gasteiger partial charge in [-0.05, 0) is 23.6 Å². The van der Waals surface area contributed by atoms with Crippen LogP contribution in [-0.4, -0.2) is 31.2 Å². The molecule has 3 nitrogen and oxygen atoms in total. The van der Waals surface area contributed by atoms with Crippen LogP contribution in [0.25, 0.3) is 0 Å². The lowest BCUT2D eigenvalue weighted by Gasteiger charge is -2.26. The number of nitrogens with zero attached hydrogens (tertiary/aromatic N) is 1. The summed E-state index contributed by atoms with van der Waals surface area (Å²) in [7, 11) is 0. The molecule has 2 aromatic rings. The van der Waals surface area contributed by atoms with Crippen LogP contribution < -0.4 is 5.32 Å². The largest absolute Gasteiger partial charge is 0.379 e. The second-order valence-corrected chi connectivity index (χ2v) is 6.30. The second-order valence-electron chi connectivity index (χ2n) is 6.30.